The number of benzene rings is 2. The Balaban J connectivity index is 1.96. The van der Waals surface area contributed by atoms with E-state index in [1.54, 1.807) is 12.3 Å². The normalized spacial score (nSPS) is 12.4. The van der Waals surface area contributed by atoms with Gasteiger partial charge in [-0.25, -0.2) is 9.18 Å². The summed E-state index contributed by atoms with van der Waals surface area (Å²) < 4.78 is 15.9. The van der Waals surface area contributed by atoms with Crippen LogP contribution in [0.5, 0.6) is 0 Å². The standard InChI is InChI=1S/C19H15FN4O2/c1-11(12-5-3-2-4-6-12)24-10-14(18(25)22-19(24)26)16-15(20)8-7-13-9-21-23-17(13)16/h2-11H,1H3,(H,21,23)(H,22,25,26). The molecule has 0 fully saturated rings. The average molecular weight is 350 g/mol. The highest BCUT2D eigenvalue weighted by molar-refractivity contribution is 5.93. The summed E-state index contributed by atoms with van der Waals surface area (Å²) in [5.74, 6) is -0.565. The van der Waals surface area contributed by atoms with Crippen molar-refractivity contribution in [3.8, 4) is 11.1 Å². The number of hydrogen-bond acceptors (Lipinski definition) is 3. The molecule has 2 aromatic carbocycles. The Morgan fingerprint density at radius 3 is 2.65 bits per heavy atom. The van der Waals surface area contributed by atoms with E-state index in [2.05, 4.69) is 15.2 Å². The average Bonchev–Trinajstić information content (AvgIpc) is 3.11. The van der Waals surface area contributed by atoms with E-state index in [0.717, 1.165) is 5.56 Å². The zero-order valence-electron chi connectivity index (χ0n) is 13.9. The van der Waals surface area contributed by atoms with Crippen LogP contribution in [0.2, 0.25) is 0 Å². The van der Waals surface area contributed by atoms with E-state index in [0.29, 0.717) is 10.9 Å². The number of rotatable bonds is 3. The molecule has 6 nitrogen and oxygen atoms in total. The van der Waals surface area contributed by atoms with E-state index >= 15 is 0 Å². The lowest BCUT2D eigenvalue weighted by Gasteiger charge is -2.16. The van der Waals surface area contributed by atoms with Crippen LogP contribution in [0, 0.1) is 5.82 Å². The minimum Gasteiger partial charge on any atom is -0.293 e. The van der Waals surface area contributed by atoms with Gasteiger partial charge in [0, 0.05) is 11.6 Å². The Morgan fingerprint density at radius 2 is 1.88 bits per heavy atom. The van der Waals surface area contributed by atoms with Crippen molar-refractivity contribution in [2.24, 2.45) is 0 Å². The van der Waals surface area contributed by atoms with Gasteiger partial charge in [-0.05, 0) is 24.6 Å². The fraction of sp³-hybridized carbons (Fsp3) is 0.105. The van der Waals surface area contributed by atoms with Gasteiger partial charge in [0.05, 0.1) is 28.9 Å². The summed E-state index contributed by atoms with van der Waals surface area (Å²) in [5, 5.41) is 7.30. The molecule has 1 atom stereocenters. The van der Waals surface area contributed by atoms with Crippen LogP contribution >= 0.6 is 0 Å². The van der Waals surface area contributed by atoms with Gasteiger partial charge in [-0.15, -0.1) is 0 Å². The van der Waals surface area contributed by atoms with Crippen LogP contribution in [0.1, 0.15) is 18.5 Å². The molecule has 7 heteroatoms. The first-order chi connectivity index (χ1) is 12.6. The summed E-state index contributed by atoms with van der Waals surface area (Å²) in [7, 11) is 0. The van der Waals surface area contributed by atoms with Crippen LogP contribution in [0.3, 0.4) is 0 Å². The summed E-state index contributed by atoms with van der Waals surface area (Å²) in [5.41, 5.74) is 0.274. The van der Waals surface area contributed by atoms with E-state index in [1.165, 1.54) is 16.8 Å². The molecule has 2 N–H and O–H groups in total. The zero-order chi connectivity index (χ0) is 18.3. The Bertz CT molecular complexity index is 1210. The number of hydrogen-bond donors (Lipinski definition) is 2. The number of aromatic nitrogens is 4. The molecule has 1 unspecified atom stereocenters. The van der Waals surface area contributed by atoms with Crippen LogP contribution in [-0.2, 0) is 0 Å². The first kappa shape index (κ1) is 16.0. The molecule has 2 heterocycles. The van der Waals surface area contributed by atoms with E-state index in [9.17, 15) is 14.0 Å². The maximum atomic E-state index is 14.5. The third-order valence-electron chi connectivity index (χ3n) is 4.50. The van der Waals surface area contributed by atoms with Gasteiger partial charge < -0.3 is 0 Å². The van der Waals surface area contributed by atoms with Crippen LogP contribution in [0.25, 0.3) is 22.0 Å². The van der Waals surface area contributed by atoms with Gasteiger partial charge in [-0.1, -0.05) is 30.3 Å². The number of fused-ring (bicyclic) bond motifs is 1. The summed E-state index contributed by atoms with van der Waals surface area (Å²) >= 11 is 0. The first-order valence-corrected chi connectivity index (χ1v) is 8.08. The molecular weight excluding hydrogens is 335 g/mol. The largest absolute Gasteiger partial charge is 0.328 e. The second kappa shape index (κ2) is 6.11. The third-order valence-corrected chi connectivity index (χ3v) is 4.50. The molecule has 0 saturated heterocycles. The monoisotopic (exact) mass is 350 g/mol. The van der Waals surface area contributed by atoms with Crippen molar-refractivity contribution in [1.29, 1.82) is 0 Å². The molecule has 130 valence electrons. The highest BCUT2D eigenvalue weighted by atomic mass is 19.1. The number of nitrogens with zero attached hydrogens (tertiary/aromatic N) is 2. The van der Waals surface area contributed by atoms with Gasteiger partial charge in [-0.2, -0.15) is 5.10 Å². The van der Waals surface area contributed by atoms with Crippen molar-refractivity contribution < 1.29 is 4.39 Å². The predicted octanol–water partition coefficient (Wildman–Crippen LogP) is 2.83. The molecule has 0 bridgehead atoms. The highest BCUT2D eigenvalue weighted by Crippen LogP contribution is 2.28. The minimum absolute atomic E-state index is 0.0692. The van der Waals surface area contributed by atoms with Crippen LogP contribution in [0.15, 0.2) is 64.4 Å². The lowest BCUT2D eigenvalue weighted by atomic mass is 10.0. The topological polar surface area (TPSA) is 83.5 Å². The van der Waals surface area contributed by atoms with Crippen molar-refractivity contribution >= 4 is 10.9 Å². The van der Waals surface area contributed by atoms with Gasteiger partial charge in [0.1, 0.15) is 5.82 Å². The fourth-order valence-electron chi connectivity index (χ4n) is 3.09. The first-order valence-electron chi connectivity index (χ1n) is 8.08. The van der Waals surface area contributed by atoms with Crippen molar-refractivity contribution in [2.45, 2.75) is 13.0 Å². The second-order valence-electron chi connectivity index (χ2n) is 6.05. The Kier molecular flexibility index (Phi) is 3.76. The SMILES string of the molecule is CC(c1ccccc1)n1cc(-c2c(F)ccc3cn[nH]c23)c(=O)[nH]c1=O. The molecule has 0 radical (unpaired) electrons. The number of nitrogens with one attached hydrogen (secondary N) is 2. The van der Waals surface area contributed by atoms with Crippen LogP contribution < -0.4 is 11.2 Å². The third kappa shape index (κ3) is 2.54. The molecule has 0 aliphatic heterocycles. The number of halogens is 1. The van der Waals surface area contributed by atoms with Gasteiger partial charge in [-0.3, -0.25) is 19.4 Å². The second-order valence-corrected chi connectivity index (χ2v) is 6.05. The quantitative estimate of drug-likeness (QED) is 0.596. The summed E-state index contributed by atoms with van der Waals surface area (Å²) in [6.07, 6.45) is 2.95. The van der Waals surface area contributed by atoms with E-state index in [-0.39, 0.29) is 17.2 Å². The maximum Gasteiger partial charge on any atom is 0.328 e. The smallest absolute Gasteiger partial charge is 0.293 e. The van der Waals surface area contributed by atoms with Crippen molar-refractivity contribution in [2.75, 3.05) is 0 Å². The molecule has 0 amide bonds. The van der Waals surface area contributed by atoms with Crippen molar-refractivity contribution in [1.82, 2.24) is 19.7 Å². The summed E-state index contributed by atoms with van der Waals surface area (Å²) in [6.45, 7) is 1.84. The maximum absolute atomic E-state index is 14.5. The Hall–Kier alpha value is -3.48. The summed E-state index contributed by atoms with van der Waals surface area (Å²) in [6, 6.07) is 11.9. The molecule has 4 rings (SSSR count). The molecule has 0 saturated carbocycles. The van der Waals surface area contributed by atoms with E-state index in [1.807, 2.05) is 37.3 Å². The fourth-order valence-corrected chi connectivity index (χ4v) is 3.09. The molecule has 26 heavy (non-hydrogen) atoms. The van der Waals surface area contributed by atoms with Gasteiger partial charge in [0.25, 0.3) is 5.56 Å². The zero-order valence-corrected chi connectivity index (χ0v) is 13.9. The van der Waals surface area contributed by atoms with Gasteiger partial charge >= 0.3 is 5.69 Å². The van der Waals surface area contributed by atoms with E-state index in [4.69, 9.17) is 0 Å². The molecule has 0 aliphatic rings. The molecular formula is C19H15FN4O2. The number of H-pyrrole nitrogens is 2. The lowest BCUT2D eigenvalue weighted by molar-refractivity contribution is 0.594. The molecule has 0 spiro atoms. The van der Waals surface area contributed by atoms with Crippen LogP contribution in [-0.4, -0.2) is 19.7 Å². The van der Waals surface area contributed by atoms with Crippen LogP contribution in [0.4, 0.5) is 4.39 Å². The van der Waals surface area contributed by atoms with Crippen molar-refractivity contribution in [3.05, 3.63) is 87.1 Å². The van der Waals surface area contributed by atoms with Gasteiger partial charge in [0.2, 0.25) is 0 Å². The predicted molar refractivity (Wildman–Crippen MR) is 96.6 cm³/mol. The van der Waals surface area contributed by atoms with Gasteiger partial charge in [0.15, 0.2) is 0 Å². The Morgan fingerprint density at radius 1 is 1.12 bits per heavy atom. The molecule has 0 aliphatic carbocycles. The Labute approximate surface area is 146 Å². The highest BCUT2D eigenvalue weighted by Gasteiger charge is 2.18. The van der Waals surface area contributed by atoms with E-state index < -0.39 is 17.1 Å². The molecule has 4 aromatic rings. The summed E-state index contributed by atoms with van der Waals surface area (Å²) in [4.78, 5) is 27.0. The number of aromatic amines is 2. The van der Waals surface area contributed by atoms with Crippen molar-refractivity contribution in [3.63, 3.8) is 0 Å². The minimum atomic E-state index is -0.646. The lowest BCUT2D eigenvalue weighted by Crippen LogP contribution is -2.32. The molecule has 2 aromatic heterocycles.